The standard InChI is InChI=1S/C16H17NO2/c1-17(2)14-10-6-4-8-12(14)16(18)13-9-5-7-11-15(13)19-3/h4-11H,1-3H3. The number of carbonyl (C=O) groups is 1. The molecule has 0 radical (unpaired) electrons. The van der Waals surface area contributed by atoms with Crippen LogP contribution in [0.5, 0.6) is 5.75 Å². The molecule has 0 aliphatic carbocycles. The van der Waals surface area contributed by atoms with Gasteiger partial charge in [-0.05, 0) is 24.3 Å². The summed E-state index contributed by atoms with van der Waals surface area (Å²) in [5.41, 5.74) is 2.16. The Morgan fingerprint density at radius 3 is 2.16 bits per heavy atom. The Morgan fingerprint density at radius 2 is 1.53 bits per heavy atom. The van der Waals surface area contributed by atoms with Gasteiger partial charge in [0.15, 0.2) is 5.78 Å². The Kier molecular flexibility index (Phi) is 3.85. The zero-order valence-corrected chi connectivity index (χ0v) is 11.4. The summed E-state index contributed by atoms with van der Waals surface area (Å²) in [7, 11) is 5.42. The third-order valence-electron chi connectivity index (χ3n) is 2.98. The molecule has 0 bridgehead atoms. The first kappa shape index (κ1) is 13.1. The van der Waals surface area contributed by atoms with Gasteiger partial charge >= 0.3 is 0 Å². The first-order valence-corrected chi connectivity index (χ1v) is 6.09. The van der Waals surface area contributed by atoms with Crippen molar-refractivity contribution in [3.8, 4) is 5.75 Å². The van der Waals surface area contributed by atoms with Crippen LogP contribution in [0.3, 0.4) is 0 Å². The van der Waals surface area contributed by atoms with E-state index in [1.807, 2.05) is 55.4 Å². The fourth-order valence-electron chi connectivity index (χ4n) is 2.03. The Labute approximate surface area is 113 Å². The highest BCUT2D eigenvalue weighted by atomic mass is 16.5. The van der Waals surface area contributed by atoms with Crippen LogP contribution in [-0.2, 0) is 0 Å². The molecule has 0 aliphatic heterocycles. The normalized spacial score (nSPS) is 10.1. The van der Waals surface area contributed by atoms with E-state index in [9.17, 15) is 4.79 Å². The molecule has 2 rings (SSSR count). The van der Waals surface area contributed by atoms with Gasteiger partial charge in [-0.2, -0.15) is 0 Å². The molecular formula is C16H17NO2. The largest absolute Gasteiger partial charge is 0.496 e. The molecule has 0 aliphatic rings. The van der Waals surface area contributed by atoms with E-state index in [4.69, 9.17) is 4.74 Å². The molecule has 2 aromatic carbocycles. The number of hydrogen-bond donors (Lipinski definition) is 0. The van der Waals surface area contributed by atoms with Crippen LogP contribution in [0.15, 0.2) is 48.5 Å². The quantitative estimate of drug-likeness (QED) is 0.787. The van der Waals surface area contributed by atoms with Gasteiger partial charge in [0.25, 0.3) is 0 Å². The smallest absolute Gasteiger partial charge is 0.198 e. The van der Waals surface area contributed by atoms with Crippen molar-refractivity contribution >= 4 is 11.5 Å². The molecule has 0 amide bonds. The van der Waals surface area contributed by atoms with Crippen LogP contribution in [0, 0.1) is 0 Å². The minimum absolute atomic E-state index is 0.0262. The third-order valence-corrected chi connectivity index (χ3v) is 2.98. The highest BCUT2D eigenvalue weighted by Gasteiger charge is 2.17. The number of benzene rings is 2. The number of nitrogens with zero attached hydrogens (tertiary/aromatic N) is 1. The highest BCUT2D eigenvalue weighted by molar-refractivity contribution is 6.13. The van der Waals surface area contributed by atoms with Crippen LogP contribution in [0.25, 0.3) is 0 Å². The summed E-state index contributed by atoms with van der Waals surface area (Å²) in [6.07, 6.45) is 0. The van der Waals surface area contributed by atoms with Crippen LogP contribution in [0.4, 0.5) is 5.69 Å². The first-order valence-electron chi connectivity index (χ1n) is 6.09. The lowest BCUT2D eigenvalue weighted by Crippen LogP contribution is -2.14. The Hall–Kier alpha value is -2.29. The molecule has 0 unspecified atom stereocenters. The number of rotatable bonds is 4. The predicted octanol–water partition coefficient (Wildman–Crippen LogP) is 2.99. The molecule has 0 spiro atoms. The van der Waals surface area contributed by atoms with Crippen molar-refractivity contribution in [1.82, 2.24) is 0 Å². The maximum Gasteiger partial charge on any atom is 0.198 e. The molecule has 3 heteroatoms. The zero-order valence-electron chi connectivity index (χ0n) is 11.4. The van der Waals surface area contributed by atoms with Gasteiger partial charge in [-0.1, -0.05) is 24.3 Å². The monoisotopic (exact) mass is 255 g/mol. The fraction of sp³-hybridized carbons (Fsp3) is 0.188. The summed E-state index contributed by atoms with van der Waals surface area (Å²) in [6.45, 7) is 0. The van der Waals surface area contributed by atoms with E-state index >= 15 is 0 Å². The summed E-state index contributed by atoms with van der Waals surface area (Å²) in [5, 5.41) is 0. The summed E-state index contributed by atoms with van der Waals surface area (Å²) in [4.78, 5) is 14.6. The molecule has 0 saturated heterocycles. The van der Waals surface area contributed by atoms with Crippen molar-refractivity contribution in [3.05, 3.63) is 59.7 Å². The summed E-state index contributed by atoms with van der Waals surface area (Å²) < 4.78 is 5.25. The second-order valence-electron chi connectivity index (χ2n) is 4.44. The topological polar surface area (TPSA) is 29.5 Å². The molecule has 0 heterocycles. The molecule has 0 atom stereocenters. The predicted molar refractivity (Wildman–Crippen MR) is 77.2 cm³/mol. The van der Waals surface area contributed by atoms with Crippen molar-refractivity contribution in [3.63, 3.8) is 0 Å². The maximum atomic E-state index is 12.6. The molecule has 2 aromatic rings. The Balaban J connectivity index is 2.50. The SMILES string of the molecule is COc1ccccc1C(=O)c1ccccc1N(C)C. The van der Waals surface area contributed by atoms with E-state index in [1.165, 1.54) is 0 Å². The molecule has 0 fully saturated rings. The van der Waals surface area contributed by atoms with Gasteiger partial charge in [-0.15, -0.1) is 0 Å². The van der Waals surface area contributed by atoms with Crippen LogP contribution in [0.2, 0.25) is 0 Å². The summed E-state index contributed by atoms with van der Waals surface area (Å²) in [6, 6.07) is 14.8. The zero-order chi connectivity index (χ0) is 13.8. The van der Waals surface area contributed by atoms with E-state index in [1.54, 1.807) is 19.2 Å². The van der Waals surface area contributed by atoms with Gasteiger partial charge in [0.2, 0.25) is 0 Å². The minimum Gasteiger partial charge on any atom is -0.496 e. The average molecular weight is 255 g/mol. The number of hydrogen-bond acceptors (Lipinski definition) is 3. The lowest BCUT2D eigenvalue weighted by Gasteiger charge is -2.17. The van der Waals surface area contributed by atoms with E-state index < -0.39 is 0 Å². The molecule has 98 valence electrons. The number of para-hydroxylation sites is 2. The van der Waals surface area contributed by atoms with E-state index in [0.717, 1.165) is 5.69 Å². The van der Waals surface area contributed by atoms with Crippen molar-refractivity contribution in [2.45, 2.75) is 0 Å². The number of ketones is 1. The molecule has 0 saturated carbocycles. The lowest BCUT2D eigenvalue weighted by atomic mass is 10.0. The van der Waals surface area contributed by atoms with E-state index in [-0.39, 0.29) is 5.78 Å². The van der Waals surface area contributed by atoms with Crippen LogP contribution in [0.1, 0.15) is 15.9 Å². The molecule has 3 nitrogen and oxygen atoms in total. The molecule has 19 heavy (non-hydrogen) atoms. The highest BCUT2D eigenvalue weighted by Crippen LogP contribution is 2.26. The number of methoxy groups -OCH3 is 1. The van der Waals surface area contributed by atoms with Crippen molar-refractivity contribution in [1.29, 1.82) is 0 Å². The summed E-state index contributed by atoms with van der Waals surface area (Å²) in [5.74, 6) is 0.572. The van der Waals surface area contributed by atoms with Gasteiger partial charge in [0.1, 0.15) is 5.75 Å². The van der Waals surface area contributed by atoms with E-state index in [2.05, 4.69) is 0 Å². The van der Waals surface area contributed by atoms with Crippen LogP contribution in [-0.4, -0.2) is 27.0 Å². The molecular weight excluding hydrogens is 238 g/mol. The van der Waals surface area contributed by atoms with Crippen molar-refractivity contribution in [2.24, 2.45) is 0 Å². The fourth-order valence-corrected chi connectivity index (χ4v) is 2.03. The average Bonchev–Trinajstić information content (AvgIpc) is 2.46. The van der Waals surface area contributed by atoms with E-state index in [0.29, 0.717) is 16.9 Å². The van der Waals surface area contributed by atoms with Crippen LogP contribution < -0.4 is 9.64 Å². The van der Waals surface area contributed by atoms with Crippen molar-refractivity contribution < 1.29 is 9.53 Å². The third kappa shape index (κ3) is 2.60. The number of ether oxygens (including phenoxy) is 1. The molecule has 0 aromatic heterocycles. The lowest BCUT2D eigenvalue weighted by molar-refractivity contribution is 0.103. The number of carbonyl (C=O) groups excluding carboxylic acids is 1. The first-order chi connectivity index (χ1) is 9.15. The van der Waals surface area contributed by atoms with Gasteiger partial charge < -0.3 is 9.64 Å². The summed E-state index contributed by atoms with van der Waals surface area (Å²) >= 11 is 0. The van der Waals surface area contributed by atoms with Gasteiger partial charge in [-0.3, -0.25) is 4.79 Å². The van der Waals surface area contributed by atoms with Gasteiger partial charge in [0.05, 0.1) is 12.7 Å². The molecule has 0 N–H and O–H groups in total. The number of anilines is 1. The van der Waals surface area contributed by atoms with Gasteiger partial charge in [-0.25, -0.2) is 0 Å². The minimum atomic E-state index is -0.0262. The van der Waals surface area contributed by atoms with Crippen molar-refractivity contribution in [2.75, 3.05) is 26.1 Å². The Morgan fingerprint density at radius 1 is 0.947 bits per heavy atom. The second-order valence-corrected chi connectivity index (χ2v) is 4.44. The van der Waals surface area contributed by atoms with Crippen LogP contribution >= 0.6 is 0 Å². The van der Waals surface area contributed by atoms with Gasteiger partial charge in [0, 0.05) is 25.3 Å². The maximum absolute atomic E-state index is 12.6. The Bertz CT molecular complexity index is 591. The second kappa shape index (κ2) is 5.57.